The number of urea groups is 1. The zero-order valence-corrected chi connectivity index (χ0v) is 21.4. The van der Waals surface area contributed by atoms with Crippen LogP contribution in [0.4, 0.5) is 4.79 Å². The minimum absolute atomic E-state index is 0.0540. The van der Waals surface area contributed by atoms with Gasteiger partial charge in [-0.1, -0.05) is 63.4 Å². The summed E-state index contributed by atoms with van der Waals surface area (Å²) < 4.78 is 2.24. The van der Waals surface area contributed by atoms with Crippen LogP contribution < -0.4 is 0 Å². The topological polar surface area (TPSA) is 48.8 Å². The Bertz CT molecular complexity index is 900. The minimum atomic E-state index is -0.0925. The van der Waals surface area contributed by atoms with E-state index in [1.807, 2.05) is 6.07 Å². The van der Waals surface area contributed by atoms with Crippen LogP contribution in [0.5, 0.6) is 0 Å². The molecule has 1 aromatic carbocycles. The zero-order valence-electron chi connectivity index (χ0n) is 21.4. The molecule has 1 aliphatic carbocycles. The molecule has 1 saturated carbocycles. The van der Waals surface area contributed by atoms with E-state index in [9.17, 15) is 9.59 Å². The normalized spacial score (nSPS) is 14.3. The quantitative estimate of drug-likeness (QED) is 0.482. The van der Waals surface area contributed by atoms with Gasteiger partial charge in [-0.2, -0.15) is 0 Å². The van der Waals surface area contributed by atoms with Crippen LogP contribution in [0, 0.1) is 5.92 Å². The van der Waals surface area contributed by atoms with E-state index >= 15 is 0 Å². The van der Waals surface area contributed by atoms with Crippen molar-refractivity contribution in [3.8, 4) is 0 Å². The predicted octanol–water partition coefficient (Wildman–Crippen LogP) is 5.23. The number of rotatable bonds is 10. The van der Waals surface area contributed by atoms with E-state index in [0.717, 1.165) is 44.3 Å². The van der Waals surface area contributed by atoms with Crippen LogP contribution >= 0.6 is 0 Å². The Hall–Kier alpha value is -2.76. The molecule has 0 radical (unpaired) electrons. The van der Waals surface area contributed by atoms with E-state index in [-0.39, 0.29) is 24.5 Å². The van der Waals surface area contributed by atoms with Crippen molar-refractivity contribution in [2.75, 3.05) is 27.2 Å². The highest BCUT2D eigenvalue weighted by Crippen LogP contribution is 2.25. The van der Waals surface area contributed by atoms with Crippen molar-refractivity contribution in [1.29, 1.82) is 0 Å². The van der Waals surface area contributed by atoms with Crippen LogP contribution in [0.3, 0.4) is 0 Å². The molecule has 2 aromatic rings. The van der Waals surface area contributed by atoms with Crippen molar-refractivity contribution in [1.82, 2.24) is 19.3 Å². The maximum Gasteiger partial charge on any atom is 0.319 e. The Morgan fingerprint density at radius 3 is 2.35 bits per heavy atom. The molecular weight excluding hydrogens is 424 g/mol. The van der Waals surface area contributed by atoms with E-state index in [2.05, 4.69) is 65.9 Å². The third kappa shape index (κ3) is 7.37. The molecule has 6 heteroatoms. The molecular formula is C28H42N4O2. The average Bonchev–Trinajstić information content (AvgIpc) is 3.27. The lowest BCUT2D eigenvalue weighted by atomic mass is 9.94. The molecule has 0 bridgehead atoms. The summed E-state index contributed by atoms with van der Waals surface area (Å²) in [7, 11) is 3.51. The maximum absolute atomic E-state index is 13.7. The lowest BCUT2D eigenvalue weighted by molar-refractivity contribution is -0.135. The van der Waals surface area contributed by atoms with Crippen LogP contribution in [-0.2, 0) is 17.9 Å². The second-order valence-corrected chi connectivity index (χ2v) is 10.2. The van der Waals surface area contributed by atoms with Gasteiger partial charge < -0.3 is 19.3 Å². The first-order valence-corrected chi connectivity index (χ1v) is 12.8. The van der Waals surface area contributed by atoms with Gasteiger partial charge in [0.2, 0.25) is 5.91 Å². The summed E-state index contributed by atoms with van der Waals surface area (Å²) in [5, 5.41) is 0. The van der Waals surface area contributed by atoms with E-state index < -0.39 is 0 Å². The Balaban J connectivity index is 1.78. The van der Waals surface area contributed by atoms with E-state index in [4.69, 9.17) is 0 Å². The number of nitrogens with zero attached hydrogens (tertiary/aromatic N) is 4. The molecule has 0 N–H and O–H groups in total. The van der Waals surface area contributed by atoms with Crippen molar-refractivity contribution >= 4 is 11.9 Å². The molecule has 0 spiro atoms. The van der Waals surface area contributed by atoms with Gasteiger partial charge in [-0.15, -0.1) is 0 Å². The first-order chi connectivity index (χ1) is 16.3. The molecule has 3 rings (SSSR count). The van der Waals surface area contributed by atoms with Crippen LogP contribution in [-0.4, -0.2) is 64.4 Å². The smallest absolute Gasteiger partial charge is 0.319 e. The Labute approximate surface area is 205 Å². The monoisotopic (exact) mass is 466 g/mol. The fourth-order valence-electron chi connectivity index (χ4n) is 4.71. The van der Waals surface area contributed by atoms with Gasteiger partial charge in [-0.3, -0.25) is 4.79 Å². The molecule has 1 aliphatic rings. The molecule has 1 fully saturated rings. The van der Waals surface area contributed by atoms with Crippen LogP contribution in [0.15, 0.2) is 48.7 Å². The van der Waals surface area contributed by atoms with Crippen molar-refractivity contribution in [2.24, 2.45) is 5.92 Å². The van der Waals surface area contributed by atoms with Crippen LogP contribution in [0.2, 0.25) is 0 Å². The number of carbonyl (C=O) groups is 2. The minimum Gasteiger partial charge on any atom is -0.345 e. The summed E-state index contributed by atoms with van der Waals surface area (Å²) >= 11 is 0. The molecule has 0 saturated heterocycles. The van der Waals surface area contributed by atoms with Crippen LogP contribution in [0.1, 0.15) is 63.6 Å². The number of carbonyl (C=O) groups excluding carboxylic acids is 2. The fourth-order valence-corrected chi connectivity index (χ4v) is 4.71. The van der Waals surface area contributed by atoms with Gasteiger partial charge in [-0.25, -0.2) is 4.79 Å². The zero-order chi connectivity index (χ0) is 24.5. The van der Waals surface area contributed by atoms with E-state index in [1.165, 1.54) is 12.0 Å². The largest absolute Gasteiger partial charge is 0.345 e. The Kier molecular flexibility index (Phi) is 9.61. The van der Waals surface area contributed by atoms with E-state index in [1.54, 1.807) is 23.9 Å². The van der Waals surface area contributed by atoms with Gasteiger partial charge >= 0.3 is 6.03 Å². The highest BCUT2D eigenvalue weighted by Gasteiger charge is 2.29. The summed E-state index contributed by atoms with van der Waals surface area (Å²) in [4.78, 5) is 31.9. The molecule has 1 aromatic heterocycles. The van der Waals surface area contributed by atoms with Crippen molar-refractivity contribution in [2.45, 2.75) is 71.5 Å². The first-order valence-electron chi connectivity index (χ1n) is 12.8. The number of hydrogen-bond acceptors (Lipinski definition) is 2. The Morgan fingerprint density at radius 1 is 1.00 bits per heavy atom. The summed E-state index contributed by atoms with van der Waals surface area (Å²) in [5.74, 6) is 0.529. The highest BCUT2D eigenvalue weighted by molar-refractivity contribution is 5.84. The predicted molar refractivity (Wildman–Crippen MR) is 138 cm³/mol. The molecule has 0 atom stereocenters. The third-order valence-corrected chi connectivity index (χ3v) is 6.74. The Morgan fingerprint density at radius 2 is 1.71 bits per heavy atom. The van der Waals surface area contributed by atoms with Crippen molar-refractivity contribution in [3.63, 3.8) is 0 Å². The lowest BCUT2D eigenvalue weighted by Gasteiger charge is -2.36. The number of amides is 3. The number of hydrogen-bond donors (Lipinski definition) is 0. The van der Waals surface area contributed by atoms with Crippen molar-refractivity contribution < 1.29 is 9.59 Å². The molecule has 0 aliphatic heterocycles. The SMILES string of the molecule is CC(C)CCN(CC(=O)N(Cc1cccn1Cc1ccccc1)C1CCCCC1)C(=O)N(C)C. The van der Waals surface area contributed by atoms with Gasteiger partial charge in [0.05, 0.1) is 6.54 Å². The second-order valence-electron chi connectivity index (χ2n) is 10.2. The molecule has 0 unspecified atom stereocenters. The summed E-state index contributed by atoms with van der Waals surface area (Å²) in [6.45, 7) is 6.40. The molecule has 186 valence electrons. The van der Waals surface area contributed by atoms with Gasteiger partial charge in [-0.05, 0) is 42.9 Å². The standard InChI is InChI=1S/C28H42N4O2/c1-23(2)17-19-31(28(34)29(3)4)22-27(33)32(25-14-9-6-10-15-25)21-26-16-11-18-30(26)20-24-12-7-5-8-13-24/h5,7-8,11-13,16,18,23,25H,6,9-10,14-15,17,19-22H2,1-4H3. The maximum atomic E-state index is 13.7. The van der Waals surface area contributed by atoms with Gasteiger partial charge in [0.15, 0.2) is 0 Å². The van der Waals surface area contributed by atoms with Crippen molar-refractivity contribution in [3.05, 3.63) is 59.9 Å². The van der Waals surface area contributed by atoms with E-state index in [0.29, 0.717) is 19.0 Å². The van der Waals surface area contributed by atoms with Gasteiger partial charge in [0, 0.05) is 45.1 Å². The van der Waals surface area contributed by atoms with Crippen LogP contribution in [0.25, 0.3) is 0 Å². The summed E-state index contributed by atoms with van der Waals surface area (Å²) in [6.07, 6.45) is 8.62. The fraction of sp³-hybridized carbons (Fsp3) is 0.571. The van der Waals surface area contributed by atoms with Gasteiger partial charge in [0.25, 0.3) is 0 Å². The molecule has 34 heavy (non-hydrogen) atoms. The van der Waals surface area contributed by atoms with Gasteiger partial charge in [0.1, 0.15) is 6.54 Å². The molecule has 1 heterocycles. The third-order valence-electron chi connectivity index (χ3n) is 6.74. The summed E-state index contributed by atoms with van der Waals surface area (Å²) in [5.41, 5.74) is 2.38. The molecule has 3 amide bonds. The second kappa shape index (κ2) is 12.6. The highest BCUT2D eigenvalue weighted by atomic mass is 16.2. The molecule has 6 nitrogen and oxygen atoms in total. The number of benzene rings is 1. The first kappa shape index (κ1) is 25.9. The average molecular weight is 467 g/mol. The number of aromatic nitrogens is 1. The lowest BCUT2D eigenvalue weighted by Crippen LogP contribution is -2.49. The summed E-state index contributed by atoms with van der Waals surface area (Å²) in [6, 6.07) is 14.7.